The van der Waals surface area contributed by atoms with Gasteiger partial charge in [0.2, 0.25) is 5.91 Å². The first-order chi connectivity index (χ1) is 12.6. The molecule has 0 radical (unpaired) electrons. The van der Waals surface area contributed by atoms with Crippen molar-refractivity contribution in [2.45, 2.75) is 51.4 Å². The minimum absolute atomic E-state index is 0.0132. The molecule has 1 fully saturated rings. The number of rotatable bonds is 5. The van der Waals surface area contributed by atoms with Crippen LogP contribution in [0.1, 0.15) is 45.2 Å². The molecule has 1 amide bonds. The number of carbonyl (C=O) groups excluding carboxylic acids is 1. The normalized spacial score (nSPS) is 18.5. The highest BCUT2D eigenvalue weighted by Gasteiger charge is 2.53. The van der Waals surface area contributed by atoms with Crippen LogP contribution in [-0.2, 0) is 4.79 Å². The van der Waals surface area contributed by atoms with Gasteiger partial charge in [0, 0.05) is 12.0 Å². The number of carbonyl (C=O) groups is 1. The number of benzene rings is 2. The van der Waals surface area contributed by atoms with Gasteiger partial charge in [-0.25, -0.2) is 0 Å². The fraction of sp³-hybridized carbons (Fsp3) is 0.450. The maximum absolute atomic E-state index is 14.1. The summed E-state index contributed by atoms with van der Waals surface area (Å²) in [5, 5.41) is 2.19. The summed E-state index contributed by atoms with van der Waals surface area (Å²) in [5.41, 5.74) is 1.56. The van der Waals surface area contributed by atoms with E-state index in [1.54, 1.807) is 44.2 Å². The average molecular weight is 380 g/mol. The highest BCUT2D eigenvalue weighted by atomic mass is 19.4. The number of hydrazine groups is 1. The highest BCUT2D eigenvalue weighted by Crippen LogP contribution is 2.44. The lowest BCUT2D eigenvalue weighted by atomic mass is 9.93. The van der Waals surface area contributed by atoms with Crippen molar-refractivity contribution >= 4 is 16.7 Å². The SMILES string of the molecule is CCCOc1ccc2c([C@H](N3NC(=O)CC3(C)C)C(F)(F)F)cccc2c1. The summed E-state index contributed by atoms with van der Waals surface area (Å²) in [6.07, 6.45) is -3.70. The Hall–Kier alpha value is -2.28. The molecule has 0 spiro atoms. The summed E-state index contributed by atoms with van der Waals surface area (Å²) < 4.78 is 47.8. The number of hydrogen-bond acceptors (Lipinski definition) is 3. The molecule has 0 unspecified atom stereocenters. The highest BCUT2D eigenvalue weighted by molar-refractivity contribution is 5.87. The molecule has 4 nitrogen and oxygen atoms in total. The fourth-order valence-corrected chi connectivity index (χ4v) is 3.51. The maximum Gasteiger partial charge on any atom is 0.409 e. The largest absolute Gasteiger partial charge is 0.494 e. The maximum atomic E-state index is 14.1. The number of alkyl halides is 3. The lowest BCUT2D eigenvalue weighted by molar-refractivity contribution is -0.203. The van der Waals surface area contributed by atoms with Crippen LogP contribution in [0.25, 0.3) is 10.8 Å². The van der Waals surface area contributed by atoms with Crippen LogP contribution in [0.5, 0.6) is 5.75 Å². The molecule has 7 heteroatoms. The van der Waals surface area contributed by atoms with E-state index in [1.807, 2.05) is 6.92 Å². The predicted molar refractivity (Wildman–Crippen MR) is 97.2 cm³/mol. The van der Waals surface area contributed by atoms with Crippen LogP contribution in [0, 0.1) is 0 Å². The van der Waals surface area contributed by atoms with Crippen molar-refractivity contribution in [1.82, 2.24) is 10.4 Å². The second-order valence-corrected chi connectivity index (χ2v) is 7.42. The van der Waals surface area contributed by atoms with E-state index in [1.165, 1.54) is 6.07 Å². The van der Waals surface area contributed by atoms with Gasteiger partial charge in [0.05, 0.1) is 6.61 Å². The summed E-state index contributed by atoms with van der Waals surface area (Å²) in [7, 11) is 0. The second-order valence-electron chi connectivity index (χ2n) is 7.42. The minimum atomic E-state index is -4.56. The van der Waals surface area contributed by atoms with Crippen LogP contribution < -0.4 is 10.2 Å². The van der Waals surface area contributed by atoms with Crippen molar-refractivity contribution in [3.05, 3.63) is 42.0 Å². The Morgan fingerprint density at radius 3 is 2.59 bits per heavy atom. The van der Waals surface area contributed by atoms with Gasteiger partial charge >= 0.3 is 6.18 Å². The Morgan fingerprint density at radius 2 is 2.00 bits per heavy atom. The monoisotopic (exact) mass is 380 g/mol. The Kier molecular flexibility index (Phi) is 5.08. The molecule has 1 atom stereocenters. The number of hydrogen-bond donors (Lipinski definition) is 1. The van der Waals surface area contributed by atoms with Crippen molar-refractivity contribution in [2.24, 2.45) is 0 Å². The van der Waals surface area contributed by atoms with Gasteiger partial charge < -0.3 is 4.74 Å². The van der Waals surface area contributed by atoms with Crippen LogP contribution in [0.2, 0.25) is 0 Å². The molecule has 2 aromatic rings. The summed E-state index contributed by atoms with van der Waals surface area (Å²) in [6.45, 7) is 5.79. The van der Waals surface area contributed by atoms with Crippen molar-refractivity contribution in [2.75, 3.05) is 6.61 Å². The van der Waals surface area contributed by atoms with E-state index in [9.17, 15) is 18.0 Å². The van der Waals surface area contributed by atoms with Crippen LogP contribution in [0.15, 0.2) is 36.4 Å². The Balaban J connectivity index is 2.10. The van der Waals surface area contributed by atoms with Crippen LogP contribution in [0.4, 0.5) is 13.2 Å². The molecule has 1 aliphatic heterocycles. The van der Waals surface area contributed by atoms with Crippen molar-refractivity contribution < 1.29 is 22.7 Å². The topological polar surface area (TPSA) is 41.6 Å². The number of halogens is 3. The zero-order chi connectivity index (χ0) is 19.8. The Labute approximate surface area is 156 Å². The number of nitrogens with zero attached hydrogens (tertiary/aromatic N) is 1. The third-order valence-corrected chi connectivity index (χ3v) is 4.71. The van der Waals surface area contributed by atoms with Crippen LogP contribution in [0.3, 0.4) is 0 Å². The van der Waals surface area contributed by atoms with E-state index in [2.05, 4.69) is 5.43 Å². The summed E-state index contributed by atoms with van der Waals surface area (Å²) in [4.78, 5) is 11.8. The van der Waals surface area contributed by atoms with Gasteiger partial charge in [-0.3, -0.25) is 10.2 Å². The summed E-state index contributed by atoms with van der Waals surface area (Å²) >= 11 is 0. The Bertz CT molecular complexity index is 849. The lowest BCUT2D eigenvalue weighted by Gasteiger charge is -2.38. The molecule has 146 valence electrons. The van der Waals surface area contributed by atoms with Gasteiger partial charge in [0.15, 0.2) is 6.04 Å². The standard InChI is InChI=1S/C20H23F3N2O2/c1-4-10-27-14-8-9-15-13(11-14)6-5-7-16(15)18(20(21,22)23)25-19(2,3)12-17(26)24-25/h5-9,11,18H,4,10,12H2,1-3H3,(H,24,26)/t18-/m0/s1. The van der Waals surface area contributed by atoms with Gasteiger partial charge in [-0.05, 0) is 48.7 Å². The van der Waals surface area contributed by atoms with Crippen molar-refractivity contribution in [3.8, 4) is 5.75 Å². The number of nitrogens with one attached hydrogen (secondary N) is 1. The molecule has 1 N–H and O–H groups in total. The number of fused-ring (bicyclic) bond motifs is 1. The molecule has 1 aliphatic rings. The van der Waals surface area contributed by atoms with Crippen LogP contribution in [-0.4, -0.2) is 29.2 Å². The zero-order valence-corrected chi connectivity index (χ0v) is 15.6. The third kappa shape index (κ3) is 3.88. The molecule has 0 aliphatic carbocycles. The minimum Gasteiger partial charge on any atom is -0.494 e. The van der Waals surface area contributed by atoms with Crippen LogP contribution >= 0.6 is 0 Å². The molecule has 2 aromatic carbocycles. The Morgan fingerprint density at radius 1 is 1.26 bits per heavy atom. The predicted octanol–water partition coefficient (Wildman–Crippen LogP) is 4.75. The molecular formula is C20H23F3N2O2. The average Bonchev–Trinajstić information content (AvgIpc) is 2.84. The molecule has 27 heavy (non-hydrogen) atoms. The molecule has 0 bridgehead atoms. The van der Waals surface area contributed by atoms with E-state index < -0.39 is 23.7 Å². The fourth-order valence-electron chi connectivity index (χ4n) is 3.51. The van der Waals surface area contributed by atoms with Crippen molar-refractivity contribution in [3.63, 3.8) is 0 Å². The second kappa shape index (κ2) is 7.03. The molecule has 0 saturated carbocycles. The molecule has 1 heterocycles. The quantitative estimate of drug-likeness (QED) is 0.814. The summed E-state index contributed by atoms with van der Waals surface area (Å²) in [6, 6.07) is 7.97. The smallest absolute Gasteiger partial charge is 0.409 e. The van der Waals surface area contributed by atoms with E-state index in [0.29, 0.717) is 23.1 Å². The van der Waals surface area contributed by atoms with E-state index in [-0.39, 0.29) is 12.0 Å². The third-order valence-electron chi connectivity index (χ3n) is 4.71. The first-order valence-corrected chi connectivity index (χ1v) is 8.94. The van der Waals surface area contributed by atoms with E-state index in [4.69, 9.17) is 4.74 Å². The first kappa shape index (κ1) is 19.5. The van der Waals surface area contributed by atoms with Gasteiger partial charge in [-0.15, -0.1) is 0 Å². The van der Waals surface area contributed by atoms with Gasteiger partial charge in [0.1, 0.15) is 5.75 Å². The van der Waals surface area contributed by atoms with Gasteiger partial charge in [-0.1, -0.05) is 31.2 Å². The first-order valence-electron chi connectivity index (χ1n) is 8.94. The van der Waals surface area contributed by atoms with Crippen molar-refractivity contribution in [1.29, 1.82) is 0 Å². The van der Waals surface area contributed by atoms with E-state index in [0.717, 1.165) is 11.4 Å². The van der Waals surface area contributed by atoms with E-state index >= 15 is 0 Å². The molecule has 3 rings (SSSR count). The number of amides is 1. The molecule has 1 saturated heterocycles. The summed E-state index contributed by atoms with van der Waals surface area (Å²) in [5.74, 6) is 0.213. The van der Waals surface area contributed by atoms with Gasteiger partial charge in [-0.2, -0.15) is 18.2 Å². The zero-order valence-electron chi connectivity index (χ0n) is 15.6. The molecule has 0 aromatic heterocycles. The lowest BCUT2D eigenvalue weighted by Crippen LogP contribution is -2.51. The van der Waals surface area contributed by atoms with Gasteiger partial charge in [0.25, 0.3) is 0 Å². The molecular weight excluding hydrogens is 357 g/mol. The number of ether oxygens (including phenoxy) is 1.